The van der Waals surface area contributed by atoms with Crippen LogP contribution >= 0.6 is 11.6 Å². The molecule has 0 bridgehead atoms. The van der Waals surface area contributed by atoms with E-state index in [0.717, 1.165) is 4.57 Å². The van der Waals surface area contributed by atoms with Crippen LogP contribution in [0.3, 0.4) is 0 Å². The Kier molecular flexibility index (Phi) is 6.40. The number of carbonyl (C=O) groups is 1. The largest absolute Gasteiger partial charge is 0.431 e. The van der Waals surface area contributed by atoms with Gasteiger partial charge in [0.1, 0.15) is 17.2 Å². The monoisotopic (exact) mass is 450 g/mol. The topological polar surface area (TPSA) is 51.0 Å². The quantitative estimate of drug-likeness (QED) is 0.519. The van der Waals surface area contributed by atoms with Crippen molar-refractivity contribution in [1.82, 2.24) is 19.4 Å². The zero-order valence-corrected chi connectivity index (χ0v) is 18.3. The lowest BCUT2D eigenvalue weighted by atomic mass is 10.00. The van der Waals surface area contributed by atoms with E-state index < -0.39 is 17.8 Å². The fourth-order valence-electron chi connectivity index (χ4n) is 3.42. The van der Waals surface area contributed by atoms with Crippen LogP contribution in [0.4, 0.5) is 13.2 Å². The first kappa shape index (κ1) is 22.8. The number of benzene rings is 1. The van der Waals surface area contributed by atoms with Gasteiger partial charge in [0.15, 0.2) is 0 Å². The number of carbonyl (C=O) groups excluding carboxylic acids is 1. The molecule has 1 amide bonds. The lowest BCUT2D eigenvalue weighted by Crippen LogP contribution is -2.35. The fraction of sp³-hybridized carbons (Fsp3) is 0.318. The summed E-state index contributed by atoms with van der Waals surface area (Å²) >= 11 is 5.97. The van der Waals surface area contributed by atoms with Gasteiger partial charge in [-0.2, -0.15) is 13.2 Å². The summed E-state index contributed by atoms with van der Waals surface area (Å²) in [5.41, 5.74) is -0.300. The van der Waals surface area contributed by atoms with Crippen molar-refractivity contribution in [1.29, 1.82) is 0 Å². The van der Waals surface area contributed by atoms with Gasteiger partial charge in [0.2, 0.25) is 0 Å². The van der Waals surface area contributed by atoms with Crippen LogP contribution in [0, 0.1) is 6.92 Å². The molecule has 3 aromatic rings. The molecule has 0 aliphatic heterocycles. The highest BCUT2D eigenvalue weighted by Gasteiger charge is 2.41. The van der Waals surface area contributed by atoms with Gasteiger partial charge in [-0.1, -0.05) is 23.7 Å². The highest BCUT2D eigenvalue weighted by molar-refractivity contribution is 6.30. The van der Waals surface area contributed by atoms with Crippen LogP contribution in [-0.2, 0) is 12.7 Å². The number of rotatable bonds is 5. The Morgan fingerprint density at radius 1 is 1.16 bits per heavy atom. The van der Waals surface area contributed by atoms with E-state index in [1.165, 1.54) is 24.2 Å². The van der Waals surface area contributed by atoms with Crippen molar-refractivity contribution >= 4 is 17.5 Å². The Bertz CT molecular complexity index is 1080. The van der Waals surface area contributed by atoms with Crippen molar-refractivity contribution in [2.24, 2.45) is 0 Å². The van der Waals surface area contributed by atoms with E-state index in [1.54, 1.807) is 51.2 Å². The minimum absolute atomic E-state index is 0.0359. The maximum atomic E-state index is 14.2. The molecule has 164 valence electrons. The van der Waals surface area contributed by atoms with Gasteiger partial charge in [0.05, 0.1) is 6.54 Å². The zero-order chi connectivity index (χ0) is 22.9. The van der Waals surface area contributed by atoms with E-state index in [0.29, 0.717) is 10.6 Å². The second kappa shape index (κ2) is 8.70. The van der Waals surface area contributed by atoms with Gasteiger partial charge in [-0.25, -0.2) is 9.97 Å². The molecule has 0 atom stereocenters. The third-order valence-electron chi connectivity index (χ3n) is 5.12. The number of amides is 1. The molecule has 0 N–H and O–H groups in total. The second-order valence-electron chi connectivity index (χ2n) is 7.46. The van der Waals surface area contributed by atoms with Crippen LogP contribution in [0.1, 0.15) is 41.4 Å². The molecule has 2 aromatic heterocycles. The summed E-state index contributed by atoms with van der Waals surface area (Å²) in [5.74, 6) is -0.346. The standard InChI is InChI=1S/C22H22ClF3N4O/c1-13(2)29(4)21(31)19-18(15-6-8-16(23)9-7-15)14(3)20(22(24,25)26)30(19)12-17-27-10-5-11-28-17/h5-11,13H,12H2,1-4H3. The van der Waals surface area contributed by atoms with Gasteiger partial charge in [-0.05, 0) is 50.1 Å². The van der Waals surface area contributed by atoms with Crippen molar-refractivity contribution in [3.8, 4) is 11.1 Å². The van der Waals surface area contributed by atoms with Gasteiger partial charge in [0, 0.05) is 36.1 Å². The molecule has 1 aromatic carbocycles. The Morgan fingerprint density at radius 2 is 1.74 bits per heavy atom. The number of hydrogen-bond donors (Lipinski definition) is 0. The molecule has 0 fully saturated rings. The van der Waals surface area contributed by atoms with Crippen LogP contribution in [-0.4, -0.2) is 38.4 Å². The first-order valence-corrected chi connectivity index (χ1v) is 9.99. The molecule has 5 nitrogen and oxygen atoms in total. The van der Waals surface area contributed by atoms with Crippen LogP contribution in [0.25, 0.3) is 11.1 Å². The van der Waals surface area contributed by atoms with E-state index in [-0.39, 0.29) is 35.2 Å². The first-order valence-electron chi connectivity index (χ1n) is 9.61. The minimum Gasteiger partial charge on any atom is -0.338 e. The average Bonchev–Trinajstić information content (AvgIpc) is 3.00. The molecule has 0 saturated heterocycles. The van der Waals surface area contributed by atoms with Gasteiger partial charge in [-0.3, -0.25) is 4.79 Å². The van der Waals surface area contributed by atoms with Gasteiger partial charge in [-0.15, -0.1) is 0 Å². The fourth-order valence-corrected chi connectivity index (χ4v) is 3.54. The summed E-state index contributed by atoms with van der Waals surface area (Å²) in [5, 5.41) is 0.446. The summed E-state index contributed by atoms with van der Waals surface area (Å²) in [6.45, 7) is 4.67. The predicted octanol–water partition coefficient (Wildman–Crippen LogP) is 5.45. The van der Waals surface area contributed by atoms with Crippen molar-refractivity contribution in [2.45, 2.75) is 39.5 Å². The molecule has 9 heteroatoms. The van der Waals surface area contributed by atoms with Crippen LogP contribution in [0.15, 0.2) is 42.7 Å². The normalized spacial score (nSPS) is 11.8. The van der Waals surface area contributed by atoms with E-state index in [2.05, 4.69) is 9.97 Å². The summed E-state index contributed by atoms with van der Waals surface area (Å²) in [6, 6.07) is 7.76. The Balaban J connectivity index is 2.36. The minimum atomic E-state index is -4.69. The van der Waals surface area contributed by atoms with Gasteiger partial charge < -0.3 is 9.47 Å². The van der Waals surface area contributed by atoms with E-state index in [9.17, 15) is 18.0 Å². The van der Waals surface area contributed by atoms with Crippen LogP contribution in [0.2, 0.25) is 5.02 Å². The Labute approximate surface area is 183 Å². The second-order valence-corrected chi connectivity index (χ2v) is 7.90. The third-order valence-corrected chi connectivity index (χ3v) is 5.38. The molecule has 31 heavy (non-hydrogen) atoms. The Hall–Kier alpha value is -2.87. The molecule has 2 heterocycles. The number of alkyl halides is 3. The highest BCUT2D eigenvalue weighted by Crippen LogP contribution is 2.41. The zero-order valence-electron chi connectivity index (χ0n) is 17.5. The van der Waals surface area contributed by atoms with E-state index >= 15 is 0 Å². The predicted molar refractivity (Wildman–Crippen MR) is 113 cm³/mol. The number of hydrogen-bond acceptors (Lipinski definition) is 3. The third kappa shape index (κ3) is 4.58. The van der Waals surface area contributed by atoms with E-state index in [1.807, 2.05) is 0 Å². The SMILES string of the molecule is Cc1c(-c2ccc(Cl)cc2)c(C(=O)N(C)C(C)C)n(Cc2ncccn2)c1C(F)(F)F. The molecular weight excluding hydrogens is 429 g/mol. The van der Waals surface area contributed by atoms with Crippen molar-refractivity contribution in [2.75, 3.05) is 7.05 Å². The summed E-state index contributed by atoms with van der Waals surface area (Å²) < 4.78 is 43.6. The van der Waals surface area contributed by atoms with Crippen LogP contribution < -0.4 is 0 Å². The maximum Gasteiger partial charge on any atom is 0.431 e. The maximum absolute atomic E-state index is 14.2. The summed E-state index contributed by atoms with van der Waals surface area (Å²) in [4.78, 5) is 23.0. The van der Waals surface area contributed by atoms with Crippen molar-refractivity contribution < 1.29 is 18.0 Å². The highest BCUT2D eigenvalue weighted by atomic mass is 35.5. The van der Waals surface area contributed by atoms with Crippen molar-refractivity contribution in [3.05, 3.63) is 70.5 Å². The summed E-state index contributed by atoms with van der Waals surface area (Å²) in [7, 11) is 1.57. The number of halogens is 4. The lowest BCUT2D eigenvalue weighted by Gasteiger charge is -2.24. The van der Waals surface area contributed by atoms with Crippen molar-refractivity contribution in [3.63, 3.8) is 0 Å². The lowest BCUT2D eigenvalue weighted by molar-refractivity contribution is -0.143. The molecular formula is C22H22ClF3N4O. The number of aromatic nitrogens is 3. The first-order chi connectivity index (χ1) is 14.5. The van der Waals surface area contributed by atoms with Gasteiger partial charge in [0.25, 0.3) is 5.91 Å². The molecule has 3 rings (SSSR count). The molecule has 0 radical (unpaired) electrons. The number of nitrogens with zero attached hydrogens (tertiary/aromatic N) is 4. The van der Waals surface area contributed by atoms with Gasteiger partial charge >= 0.3 is 6.18 Å². The Morgan fingerprint density at radius 3 is 2.26 bits per heavy atom. The average molecular weight is 451 g/mol. The molecule has 0 aliphatic carbocycles. The van der Waals surface area contributed by atoms with Crippen LogP contribution in [0.5, 0.6) is 0 Å². The molecule has 0 saturated carbocycles. The molecule has 0 unspecified atom stereocenters. The smallest absolute Gasteiger partial charge is 0.338 e. The summed E-state index contributed by atoms with van der Waals surface area (Å²) in [6.07, 6.45) is -1.78. The molecule has 0 aliphatic rings. The van der Waals surface area contributed by atoms with E-state index in [4.69, 9.17) is 11.6 Å². The molecule has 0 spiro atoms.